The lowest BCUT2D eigenvalue weighted by molar-refractivity contribution is 0.468. The van der Waals surface area contributed by atoms with Crippen LogP contribution in [-0.4, -0.2) is 6.21 Å². The molecule has 0 amide bonds. The van der Waals surface area contributed by atoms with Crippen LogP contribution in [0, 0.1) is 0 Å². The number of nitrogens with zero attached hydrogens (tertiary/aromatic N) is 1. The van der Waals surface area contributed by atoms with Crippen LogP contribution in [0.15, 0.2) is 102 Å². The lowest BCUT2D eigenvalue weighted by atomic mass is 10.0. The van der Waals surface area contributed by atoms with E-state index < -0.39 is 7.29 Å². The van der Waals surface area contributed by atoms with Crippen molar-refractivity contribution < 1.29 is 9.30 Å². The van der Waals surface area contributed by atoms with E-state index >= 15 is 0 Å². The Morgan fingerprint density at radius 3 is 1.81 bits per heavy atom. The molecule has 0 fully saturated rings. The molecule has 0 bridgehead atoms. The molecule has 31 heavy (non-hydrogen) atoms. The summed E-state index contributed by atoms with van der Waals surface area (Å²) in [6.45, 7) is 4.32. The lowest BCUT2D eigenvalue weighted by Gasteiger charge is -2.22. The molecule has 1 N–H and O–H groups in total. The highest BCUT2D eigenvalue weighted by molar-refractivity contribution is 7.68. The van der Waals surface area contributed by atoms with Crippen molar-refractivity contribution in [2.24, 2.45) is 5.10 Å². The second-order valence-electron chi connectivity index (χ2n) is 7.71. The topological polar surface area (TPSA) is 50.7 Å². The molecule has 1 heterocycles. The Bertz CT molecular complexity index is 1110. The molecule has 0 saturated carbocycles. The Morgan fingerprint density at radius 2 is 1.32 bits per heavy atom. The minimum absolute atomic E-state index is 0.477. The number of hydrazone groups is 1. The first kappa shape index (κ1) is 20.9. The van der Waals surface area contributed by atoms with E-state index in [-0.39, 0.29) is 0 Å². The summed E-state index contributed by atoms with van der Waals surface area (Å²) in [5, 5.41) is 7.16. The van der Waals surface area contributed by atoms with E-state index in [1.807, 2.05) is 72.8 Å². The van der Waals surface area contributed by atoms with E-state index in [0.717, 1.165) is 16.7 Å². The highest BCUT2D eigenvalue weighted by Crippen LogP contribution is 2.53. The lowest BCUT2D eigenvalue weighted by Crippen LogP contribution is -2.06. The van der Waals surface area contributed by atoms with Crippen molar-refractivity contribution in [1.29, 1.82) is 0 Å². The maximum Gasteiger partial charge on any atom is 0.235 e. The summed E-state index contributed by atoms with van der Waals surface area (Å²) in [6.07, 6.45) is 1.69. The molecule has 0 atom stereocenters. The minimum Gasteiger partial charge on any atom is -0.456 e. The molecule has 0 aromatic heterocycles. The average Bonchev–Trinajstić information content (AvgIpc) is 2.80. The Morgan fingerprint density at radius 1 is 0.806 bits per heavy atom. The predicted molar refractivity (Wildman–Crippen MR) is 129 cm³/mol. The molecule has 3 aromatic carbocycles. The predicted octanol–water partition coefficient (Wildman–Crippen LogP) is 7.04. The zero-order chi connectivity index (χ0) is 21.7. The number of rotatable bonds is 6. The molecule has 0 unspecified atom stereocenters. The van der Waals surface area contributed by atoms with Crippen molar-refractivity contribution in [3.8, 4) is 0 Å². The third-order valence-corrected chi connectivity index (χ3v) is 6.65. The third kappa shape index (κ3) is 5.22. The summed E-state index contributed by atoms with van der Waals surface area (Å²) in [7, 11) is -3.12. The number of nitrogens with one attached hydrogen (secondary N) is 1. The van der Waals surface area contributed by atoms with E-state index in [2.05, 4.69) is 36.3 Å². The summed E-state index contributed by atoms with van der Waals surface area (Å²) >= 11 is 0. The smallest absolute Gasteiger partial charge is 0.235 e. The molecule has 1 aliphatic heterocycles. The highest BCUT2D eigenvalue weighted by atomic mass is 31.2. The number of hydrogen-bond acceptors (Lipinski definition) is 3. The van der Waals surface area contributed by atoms with E-state index in [0.29, 0.717) is 17.4 Å². The van der Waals surface area contributed by atoms with Crippen LogP contribution in [-0.2, 0) is 9.30 Å². The Labute approximate surface area is 183 Å². The van der Waals surface area contributed by atoms with Crippen molar-refractivity contribution in [3.63, 3.8) is 0 Å². The molecular weight excluding hydrogens is 403 g/mol. The van der Waals surface area contributed by atoms with E-state index in [1.165, 1.54) is 5.56 Å². The monoisotopic (exact) mass is 428 g/mol. The SMILES string of the molecule is CC(C)c1ccc(/C=N/NP2(=O)C=C(c3ccccc3)OC(c3ccccc3)=C2)cc1. The van der Waals surface area contributed by atoms with Gasteiger partial charge in [0.05, 0.1) is 6.21 Å². The van der Waals surface area contributed by atoms with Gasteiger partial charge in [0.25, 0.3) is 0 Å². The average molecular weight is 428 g/mol. The largest absolute Gasteiger partial charge is 0.456 e. The van der Waals surface area contributed by atoms with Crippen molar-refractivity contribution >= 4 is 25.0 Å². The molecular formula is C26H25N2O2P. The second-order valence-corrected chi connectivity index (χ2v) is 9.84. The van der Waals surface area contributed by atoms with Crippen LogP contribution in [0.25, 0.3) is 11.5 Å². The summed E-state index contributed by atoms with van der Waals surface area (Å²) in [4.78, 5) is 0. The number of ether oxygens (including phenoxy) is 1. The van der Waals surface area contributed by atoms with Gasteiger partial charge in [-0.3, -0.25) is 9.76 Å². The normalized spacial score (nSPS) is 15.3. The van der Waals surface area contributed by atoms with Crippen LogP contribution in [0.2, 0.25) is 0 Å². The van der Waals surface area contributed by atoms with Gasteiger partial charge in [0, 0.05) is 22.8 Å². The molecule has 0 aliphatic carbocycles. The maximum absolute atomic E-state index is 13.7. The van der Waals surface area contributed by atoms with Crippen LogP contribution < -0.4 is 5.20 Å². The van der Waals surface area contributed by atoms with Gasteiger partial charge in [0.1, 0.15) is 11.5 Å². The molecule has 156 valence electrons. The van der Waals surface area contributed by atoms with Gasteiger partial charge >= 0.3 is 0 Å². The molecule has 0 saturated heterocycles. The second kappa shape index (κ2) is 9.20. The van der Waals surface area contributed by atoms with Gasteiger partial charge in [-0.1, -0.05) is 98.8 Å². The van der Waals surface area contributed by atoms with E-state index in [4.69, 9.17) is 4.74 Å². The highest BCUT2D eigenvalue weighted by Gasteiger charge is 2.26. The van der Waals surface area contributed by atoms with Crippen LogP contribution in [0.1, 0.15) is 42.0 Å². The zero-order valence-corrected chi connectivity index (χ0v) is 18.5. The van der Waals surface area contributed by atoms with E-state index in [9.17, 15) is 4.57 Å². The first-order valence-corrected chi connectivity index (χ1v) is 12.1. The first-order chi connectivity index (χ1) is 15.0. The molecule has 4 nitrogen and oxygen atoms in total. The standard InChI is InChI=1S/C26H25N2O2P/c1-20(2)22-15-13-21(14-16-22)17-27-28-31(29)18-25(23-9-5-3-6-10-23)30-26(19-31)24-11-7-4-8-12-24/h3-20H,1-2H3,(H,28,29)/b27-17+. The molecule has 1 aliphatic rings. The van der Waals surface area contributed by atoms with Gasteiger partial charge in [-0.05, 0) is 17.0 Å². The molecule has 4 rings (SSSR count). The molecule has 0 radical (unpaired) electrons. The van der Waals surface area contributed by atoms with Crippen LogP contribution in [0.4, 0.5) is 0 Å². The van der Waals surface area contributed by atoms with Crippen LogP contribution >= 0.6 is 7.29 Å². The van der Waals surface area contributed by atoms with Crippen LogP contribution in [0.3, 0.4) is 0 Å². The molecule has 5 heteroatoms. The fraction of sp³-hybridized carbons (Fsp3) is 0.115. The summed E-state index contributed by atoms with van der Waals surface area (Å²) in [6, 6.07) is 27.5. The summed E-state index contributed by atoms with van der Waals surface area (Å²) < 4.78 is 19.8. The Hall–Kier alpha value is -3.36. The fourth-order valence-electron chi connectivity index (χ4n) is 3.25. The van der Waals surface area contributed by atoms with E-state index in [1.54, 1.807) is 17.8 Å². The van der Waals surface area contributed by atoms with Gasteiger partial charge in [-0.15, -0.1) is 0 Å². The van der Waals surface area contributed by atoms with Gasteiger partial charge < -0.3 is 4.74 Å². The van der Waals surface area contributed by atoms with Crippen LogP contribution in [0.5, 0.6) is 0 Å². The van der Waals surface area contributed by atoms with Gasteiger partial charge in [-0.25, -0.2) is 0 Å². The Balaban J connectivity index is 1.62. The van der Waals surface area contributed by atoms with Crippen molar-refractivity contribution in [2.75, 3.05) is 0 Å². The summed E-state index contributed by atoms with van der Waals surface area (Å²) in [5.41, 5.74) is 3.93. The van der Waals surface area contributed by atoms with Crippen molar-refractivity contribution in [3.05, 3.63) is 119 Å². The number of benzene rings is 3. The van der Waals surface area contributed by atoms with Gasteiger partial charge in [-0.2, -0.15) is 5.10 Å². The molecule has 0 spiro atoms. The zero-order valence-electron chi connectivity index (χ0n) is 17.6. The maximum atomic E-state index is 13.7. The van der Waals surface area contributed by atoms with Crippen molar-refractivity contribution in [1.82, 2.24) is 5.20 Å². The number of hydrogen-bond donors (Lipinski definition) is 1. The quantitative estimate of drug-likeness (QED) is 0.260. The third-order valence-electron chi connectivity index (χ3n) is 4.99. The van der Waals surface area contributed by atoms with Gasteiger partial charge in [0.15, 0.2) is 0 Å². The van der Waals surface area contributed by atoms with Crippen molar-refractivity contribution in [2.45, 2.75) is 19.8 Å². The fourth-order valence-corrected chi connectivity index (χ4v) is 4.78. The minimum atomic E-state index is -3.12. The Kier molecular flexibility index (Phi) is 6.20. The first-order valence-electron chi connectivity index (χ1n) is 10.3. The summed E-state index contributed by atoms with van der Waals surface area (Å²) in [5.74, 6) is 4.84. The van der Waals surface area contributed by atoms with Gasteiger partial charge in [0.2, 0.25) is 7.29 Å². The molecule has 3 aromatic rings.